The minimum Gasteiger partial charge on any atom is -0.462 e. The molecule has 0 saturated heterocycles. The molecule has 0 aromatic carbocycles. The number of ether oxygens (including phenoxy) is 2. The second-order valence-corrected chi connectivity index (χ2v) is 17.7. The molecule has 10 heteroatoms. The van der Waals surface area contributed by atoms with Crippen molar-refractivity contribution < 1.29 is 37.6 Å². The molecular formula is C47H90NO8P. The lowest BCUT2D eigenvalue weighted by atomic mass is 10.0. The lowest BCUT2D eigenvalue weighted by molar-refractivity contribution is -0.161. The van der Waals surface area contributed by atoms with Crippen molar-refractivity contribution in [2.45, 2.75) is 225 Å². The smallest absolute Gasteiger partial charge is 0.462 e. The summed E-state index contributed by atoms with van der Waals surface area (Å²) in [4.78, 5) is 37.1. The molecule has 2 atom stereocenters. The monoisotopic (exact) mass is 828 g/mol. The maximum atomic E-state index is 12.7. The van der Waals surface area contributed by atoms with E-state index in [9.17, 15) is 19.0 Å². The summed E-state index contributed by atoms with van der Waals surface area (Å²) < 4.78 is 33.5. The molecule has 336 valence electrons. The first-order chi connectivity index (χ1) is 27.7. The molecule has 0 bridgehead atoms. The Hall–Kier alpha value is -1.51. The fraction of sp³-hybridized carbons (Fsp3) is 0.872. The number of esters is 2. The second kappa shape index (κ2) is 42.6. The number of phosphoric ester groups is 1. The summed E-state index contributed by atoms with van der Waals surface area (Å²) in [5.74, 6) is -0.809. The molecule has 0 spiro atoms. The van der Waals surface area contributed by atoms with E-state index in [1.54, 1.807) is 0 Å². The highest BCUT2D eigenvalue weighted by molar-refractivity contribution is 7.47. The highest BCUT2D eigenvalue weighted by Gasteiger charge is 2.26. The molecule has 0 rings (SSSR count). The number of unbranched alkanes of at least 4 members (excludes halogenated alkanes) is 26. The van der Waals surface area contributed by atoms with Crippen LogP contribution in [0.15, 0.2) is 24.3 Å². The summed E-state index contributed by atoms with van der Waals surface area (Å²) >= 11 is 0. The summed E-state index contributed by atoms with van der Waals surface area (Å²) in [5.41, 5.74) is 0. The van der Waals surface area contributed by atoms with Crippen molar-refractivity contribution >= 4 is 19.8 Å². The zero-order valence-electron chi connectivity index (χ0n) is 37.5. The summed E-state index contributed by atoms with van der Waals surface area (Å²) in [7, 11) is -0.713. The fourth-order valence-corrected chi connectivity index (χ4v) is 7.34. The first-order valence-corrected chi connectivity index (χ1v) is 25.1. The van der Waals surface area contributed by atoms with Crippen molar-refractivity contribution in [1.82, 2.24) is 4.90 Å². The van der Waals surface area contributed by atoms with Crippen LogP contribution in [0.4, 0.5) is 0 Å². The van der Waals surface area contributed by atoms with Crippen molar-refractivity contribution in [1.29, 1.82) is 0 Å². The van der Waals surface area contributed by atoms with Gasteiger partial charge in [0.25, 0.3) is 0 Å². The number of allylic oxidation sites excluding steroid dienone is 4. The van der Waals surface area contributed by atoms with Crippen LogP contribution in [-0.4, -0.2) is 68.3 Å². The molecule has 0 fully saturated rings. The van der Waals surface area contributed by atoms with E-state index in [0.717, 1.165) is 57.8 Å². The van der Waals surface area contributed by atoms with Gasteiger partial charge < -0.3 is 19.3 Å². The molecule has 0 aliphatic heterocycles. The van der Waals surface area contributed by atoms with E-state index in [1.165, 1.54) is 128 Å². The maximum Gasteiger partial charge on any atom is 0.472 e. The third-order valence-corrected chi connectivity index (χ3v) is 11.2. The number of hydrogen-bond acceptors (Lipinski definition) is 8. The molecule has 0 radical (unpaired) electrons. The van der Waals surface area contributed by atoms with Crippen LogP contribution in [0.3, 0.4) is 0 Å². The van der Waals surface area contributed by atoms with E-state index in [-0.39, 0.29) is 25.6 Å². The van der Waals surface area contributed by atoms with Crippen molar-refractivity contribution in [2.24, 2.45) is 0 Å². The third kappa shape index (κ3) is 43.9. The van der Waals surface area contributed by atoms with E-state index in [2.05, 4.69) is 38.2 Å². The number of phosphoric acid groups is 1. The number of nitrogens with zero attached hydrogens (tertiary/aromatic N) is 1. The fourth-order valence-electron chi connectivity index (χ4n) is 6.60. The number of hydrogen-bond donors (Lipinski definition) is 1. The normalized spacial score (nSPS) is 13.5. The average Bonchev–Trinajstić information content (AvgIpc) is 3.18. The molecule has 0 saturated carbocycles. The topological polar surface area (TPSA) is 112 Å². The van der Waals surface area contributed by atoms with Gasteiger partial charge in [0.2, 0.25) is 0 Å². The van der Waals surface area contributed by atoms with Gasteiger partial charge in [-0.3, -0.25) is 18.6 Å². The van der Waals surface area contributed by atoms with Crippen LogP contribution in [0.25, 0.3) is 0 Å². The molecule has 0 aromatic heterocycles. The number of rotatable bonds is 44. The minimum atomic E-state index is -4.36. The van der Waals surface area contributed by atoms with Crippen molar-refractivity contribution in [3.63, 3.8) is 0 Å². The van der Waals surface area contributed by atoms with Gasteiger partial charge in [-0.05, 0) is 59.0 Å². The molecule has 57 heavy (non-hydrogen) atoms. The first kappa shape index (κ1) is 55.5. The predicted molar refractivity (Wildman–Crippen MR) is 238 cm³/mol. The van der Waals surface area contributed by atoms with Crippen LogP contribution < -0.4 is 0 Å². The zero-order chi connectivity index (χ0) is 41.9. The highest BCUT2D eigenvalue weighted by atomic mass is 31.2. The Morgan fingerprint density at radius 1 is 0.544 bits per heavy atom. The Bertz CT molecular complexity index is 1000. The number of likely N-dealkylation sites (N-methyl/N-ethyl adjacent to an activating group) is 1. The van der Waals surface area contributed by atoms with Crippen LogP contribution >= 0.6 is 7.82 Å². The van der Waals surface area contributed by atoms with Gasteiger partial charge >= 0.3 is 19.8 Å². The van der Waals surface area contributed by atoms with Gasteiger partial charge in [0, 0.05) is 19.4 Å². The number of carbonyl (C=O) groups excluding carboxylic acids is 2. The Morgan fingerprint density at radius 3 is 1.42 bits per heavy atom. The molecule has 0 heterocycles. The molecule has 0 amide bonds. The van der Waals surface area contributed by atoms with Crippen LogP contribution in [-0.2, 0) is 32.7 Å². The Kier molecular flexibility index (Phi) is 41.5. The maximum absolute atomic E-state index is 12.7. The van der Waals surface area contributed by atoms with Crippen LogP contribution in [0.1, 0.15) is 219 Å². The quantitative estimate of drug-likeness (QED) is 0.0278. The highest BCUT2D eigenvalue weighted by Crippen LogP contribution is 2.43. The standard InChI is InChI=1S/C47H90NO8P/c1-5-7-9-11-13-15-17-19-21-22-23-24-26-27-29-31-33-35-37-39-46(49)53-43-45(44-55-57(51,52)54-42-41-48(3)4)56-47(50)40-38-36-34-32-30-28-25-20-18-16-14-12-10-8-6-2/h14,16,20,25,45H,5-13,15,17-19,21-24,26-44H2,1-4H3,(H,51,52)/b16-14-,25-20-. The summed E-state index contributed by atoms with van der Waals surface area (Å²) in [6.07, 6.45) is 45.1. The van der Waals surface area contributed by atoms with Crippen molar-refractivity contribution in [3.05, 3.63) is 24.3 Å². The third-order valence-electron chi connectivity index (χ3n) is 10.3. The van der Waals surface area contributed by atoms with E-state index >= 15 is 0 Å². The first-order valence-electron chi connectivity index (χ1n) is 23.6. The Morgan fingerprint density at radius 2 is 0.947 bits per heavy atom. The predicted octanol–water partition coefficient (Wildman–Crippen LogP) is 13.8. The van der Waals surface area contributed by atoms with Gasteiger partial charge in [-0.25, -0.2) is 4.57 Å². The van der Waals surface area contributed by atoms with Gasteiger partial charge in [0.1, 0.15) is 6.61 Å². The lowest BCUT2D eigenvalue weighted by Crippen LogP contribution is -2.29. The van der Waals surface area contributed by atoms with E-state index < -0.39 is 26.5 Å². The molecule has 0 aromatic rings. The molecule has 0 aliphatic rings. The summed E-state index contributed by atoms with van der Waals surface area (Å²) in [5, 5.41) is 0. The summed E-state index contributed by atoms with van der Waals surface area (Å²) in [6.45, 7) is 4.31. The van der Waals surface area contributed by atoms with E-state index in [1.807, 2.05) is 19.0 Å². The van der Waals surface area contributed by atoms with Gasteiger partial charge in [-0.1, -0.05) is 186 Å². The van der Waals surface area contributed by atoms with Crippen molar-refractivity contribution in [2.75, 3.05) is 40.5 Å². The average molecular weight is 828 g/mol. The van der Waals surface area contributed by atoms with Gasteiger partial charge in [0.05, 0.1) is 13.2 Å². The van der Waals surface area contributed by atoms with Crippen LogP contribution in [0, 0.1) is 0 Å². The zero-order valence-corrected chi connectivity index (χ0v) is 38.4. The Balaban J connectivity index is 4.21. The van der Waals surface area contributed by atoms with Crippen LogP contribution in [0.2, 0.25) is 0 Å². The van der Waals surface area contributed by atoms with Crippen LogP contribution in [0.5, 0.6) is 0 Å². The molecule has 2 unspecified atom stereocenters. The number of carbonyl (C=O) groups is 2. The SMILES string of the molecule is CCCCC/C=C\C/C=C\CCCCCCCC(=O)OC(COC(=O)CCCCCCCCCCCCCCCCCCCCC)COP(=O)(O)OCCN(C)C. The van der Waals surface area contributed by atoms with Gasteiger partial charge in [0.15, 0.2) is 6.10 Å². The van der Waals surface area contributed by atoms with E-state index in [0.29, 0.717) is 19.4 Å². The van der Waals surface area contributed by atoms with Crippen molar-refractivity contribution in [3.8, 4) is 0 Å². The molecule has 0 aliphatic carbocycles. The Labute approximate surface area is 351 Å². The molecular weight excluding hydrogens is 737 g/mol. The minimum absolute atomic E-state index is 0.00643. The van der Waals surface area contributed by atoms with E-state index in [4.69, 9.17) is 18.5 Å². The summed E-state index contributed by atoms with van der Waals surface area (Å²) in [6, 6.07) is 0. The van der Waals surface area contributed by atoms with Gasteiger partial charge in [-0.2, -0.15) is 0 Å². The second-order valence-electron chi connectivity index (χ2n) is 16.3. The molecule has 9 nitrogen and oxygen atoms in total. The molecule has 1 N–H and O–H groups in total. The largest absolute Gasteiger partial charge is 0.472 e. The lowest BCUT2D eigenvalue weighted by Gasteiger charge is -2.20. The van der Waals surface area contributed by atoms with Gasteiger partial charge in [-0.15, -0.1) is 0 Å².